The Labute approximate surface area is 116 Å². The van der Waals surface area contributed by atoms with Crippen molar-refractivity contribution in [3.63, 3.8) is 0 Å². The number of fused-ring (bicyclic) bond motifs is 1. The quantitative estimate of drug-likeness (QED) is 0.661. The molecule has 1 aliphatic rings. The Bertz CT molecular complexity index is 641. The fraction of sp³-hybridized carbons (Fsp3) is 0.200. The van der Waals surface area contributed by atoms with E-state index in [4.69, 9.17) is 0 Å². The predicted molar refractivity (Wildman–Crippen MR) is 79.1 cm³/mol. The fourth-order valence-corrected chi connectivity index (χ4v) is 2.52. The first kappa shape index (κ1) is 12.5. The molecule has 102 valence electrons. The standard InChI is InChI=1S/C15H15N3O2/c19-18(20)14-7-6-13-12(8-9-16-13)15(14)17-10-11-4-2-1-3-5-11/h1-7,16-17H,8-10H2. The van der Waals surface area contributed by atoms with Crippen LogP contribution >= 0.6 is 0 Å². The third kappa shape index (κ3) is 2.30. The van der Waals surface area contributed by atoms with Gasteiger partial charge in [-0.1, -0.05) is 30.3 Å². The van der Waals surface area contributed by atoms with Crippen LogP contribution < -0.4 is 10.6 Å². The van der Waals surface area contributed by atoms with Gasteiger partial charge in [0.15, 0.2) is 0 Å². The summed E-state index contributed by atoms with van der Waals surface area (Å²) in [6.45, 7) is 1.41. The van der Waals surface area contributed by atoms with Crippen molar-refractivity contribution >= 4 is 17.1 Å². The smallest absolute Gasteiger partial charge is 0.292 e. The normalized spacial score (nSPS) is 12.6. The van der Waals surface area contributed by atoms with Gasteiger partial charge in [0.05, 0.1) is 4.92 Å². The van der Waals surface area contributed by atoms with Crippen molar-refractivity contribution in [1.29, 1.82) is 0 Å². The number of hydrogen-bond acceptors (Lipinski definition) is 4. The third-order valence-electron chi connectivity index (χ3n) is 3.49. The van der Waals surface area contributed by atoms with Crippen LogP contribution in [0.4, 0.5) is 17.1 Å². The van der Waals surface area contributed by atoms with Crippen molar-refractivity contribution in [3.8, 4) is 0 Å². The van der Waals surface area contributed by atoms with Crippen LogP contribution in [0.15, 0.2) is 42.5 Å². The SMILES string of the molecule is O=[N+]([O-])c1ccc2c(c1NCc1ccccc1)CCN2. The summed E-state index contributed by atoms with van der Waals surface area (Å²) >= 11 is 0. The van der Waals surface area contributed by atoms with E-state index in [0.717, 1.165) is 29.8 Å². The van der Waals surface area contributed by atoms with E-state index in [1.54, 1.807) is 12.1 Å². The summed E-state index contributed by atoms with van der Waals surface area (Å²) in [4.78, 5) is 10.9. The molecule has 0 fully saturated rings. The van der Waals surface area contributed by atoms with E-state index in [2.05, 4.69) is 10.6 Å². The summed E-state index contributed by atoms with van der Waals surface area (Å²) in [5.74, 6) is 0. The first-order valence-corrected chi connectivity index (χ1v) is 6.57. The Hall–Kier alpha value is -2.56. The molecule has 0 saturated carbocycles. The molecule has 0 aromatic heterocycles. The minimum absolute atomic E-state index is 0.142. The Morgan fingerprint density at radius 2 is 2.00 bits per heavy atom. The molecule has 0 aliphatic carbocycles. The summed E-state index contributed by atoms with van der Waals surface area (Å²) in [5, 5.41) is 17.6. The zero-order chi connectivity index (χ0) is 13.9. The minimum atomic E-state index is -0.327. The second-order valence-electron chi connectivity index (χ2n) is 4.76. The lowest BCUT2D eigenvalue weighted by Crippen LogP contribution is -2.05. The molecule has 0 unspecified atom stereocenters. The van der Waals surface area contributed by atoms with Gasteiger partial charge in [-0.15, -0.1) is 0 Å². The first-order chi connectivity index (χ1) is 9.75. The molecule has 0 spiro atoms. The van der Waals surface area contributed by atoms with Gasteiger partial charge in [-0.25, -0.2) is 0 Å². The lowest BCUT2D eigenvalue weighted by Gasteiger charge is -2.11. The van der Waals surface area contributed by atoms with Gasteiger partial charge >= 0.3 is 0 Å². The number of nitro groups is 1. The van der Waals surface area contributed by atoms with Crippen LogP contribution in [0.2, 0.25) is 0 Å². The molecule has 3 rings (SSSR count). The number of nitro benzene ring substituents is 1. The van der Waals surface area contributed by atoms with E-state index in [1.165, 1.54) is 0 Å². The van der Waals surface area contributed by atoms with Gasteiger partial charge < -0.3 is 10.6 Å². The highest BCUT2D eigenvalue weighted by Gasteiger charge is 2.23. The number of benzene rings is 2. The van der Waals surface area contributed by atoms with Gasteiger partial charge in [0, 0.05) is 30.4 Å². The van der Waals surface area contributed by atoms with Crippen LogP contribution in [0.1, 0.15) is 11.1 Å². The molecular formula is C15H15N3O2. The van der Waals surface area contributed by atoms with E-state index in [-0.39, 0.29) is 10.6 Å². The van der Waals surface area contributed by atoms with Gasteiger partial charge in [-0.3, -0.25) is 10.1 Å². The van der Waals surface area contributed by atoms with E-state index in [1.807, 2.05) is 30.3 Å². The highest BCUT2D eigenvalue weighted by atomic mass is 16.6. The second kappa shape index (κ2) is 5.21. The lowest BCUT2D eigenvalue weighted by molar-refractivity contribution is -0.384. The average Bonchev–Trinajstić information content (AvgIpc) is 2.94. The molecule has 5 heteroatoms. The molecule has 0 atom stereocenters. The molecule has 2 aromatic carbocycles. The van der Waals surface area contributed by atoms with Crippen LogP contribution in [0, 0.1) is 10.1 Å². The van der Waals surface area contributed by atoms with Crippen LogP contribution in [-0.2, 0) is 13.0 Å². The lowest BCUT2D eigenvalue weighted by atomic mass is 10.1. The van der Waals surface area contributed by atoms with Crippen LogP contribution in [0.25, 0.3) is 0 Å². The Balaban J connectivity index is 1.91. The predicted octanol–water partition coefficient (Wildman–Crippen LogP) is 3.17. The molecule has 0 amide bonds. The molecule has 20 heavy (non-hydrogen) atoms. The summed E-state index contributed by atoms with van der Waals surface area (Å²) < 4.78 is 0. The van der Waals surface area contributed by atoms with Crippen molar-refractivity contribution in [2.24, 2.45) is 0 Å². The summed E-state index contributed by atoms with van der Waals surface area (Å²) in [5.41, 5.74) is 3.89. The number of hydrogen-bond donors (Lipinski definition) is 2. The maximum absolute atomic E-state index is 11.2. The van der Waals surface area contributed by atoms with Gasteiger partial charge in [-0.2, -0.15) is 0 Å². The van der Waals surface area contributed by atoms with E-state index in [9.17, 15) is 10.1 Å². The monoisotopic (exact) mass is 269 g/mol. The van der Waals surface area contributed by atoms with Crippen LogP contribution in [0.5, 0.6) is 0 Å². The summed E-state index contributed by atoms with van der Waals surface area (Å²) in [6.07, 6.45) is 0.814. The summed E-state index contributed by atoms with van der Waals surface area (Å²) in [6, 6.07) is 13.2. The molecule has 5 nitrogen and oxygen atoms in total. The molecule has 2 aromatic rings. The maximum Gasteiger partial charge on any atom is 0.292 e. The minimum Gasteiger partial charge on any atom is -0.384 e. The van der Waals surface area contributed by atoms with Crippen molar-refractivity contribution in [2.45, 2.75) is 13.0 Å². The van der Waals surface area contributed by atoms with E-state index >= 15 is 0 Å². The highest BCUT2D eigenvalue weighted by molar-refractivity contribution is 5.77. The number of rotatable bonds is 4. The number of anilines is 2. The Morgan fingerprint density at radius 1 is 1.20 bits per heavy atom. The molecule has 1 aliphatic heterocycles. The summed E-state index contributed by atoms with van der Waals surface area (Å²) in [7, 11) is 0. The Morgan fingerprint density at radius 3 is 2.75 bits per heavy atom. The van der Waals surface area contributed by atoms with Crippen molar-refractivity contribution in [3.05, 3.63) is 63.7 Å². The largest absolute Gasteiger partial charge is 0.384 e. The molecule has 0 radical (unpaired) electrons. The average molecular weight is 269 g/mol. The molecule has 0 bridgehead atoms. The van der Waals surface area contributed by atoms with Crippen molar-refractivity contribution in [1.82, 2.24) is 0 Å². The van der Waals surface area contributed by atoms with Gasteiger partial charge in [0.2, 0.25) is 0 Å². The Kier molecular flexibility index (Phi) is 3.25. The number of nitrogens with zero attached hydrogens (tertiary/aromatic N) is 1. The highest BCUT2D eigenvalue weighted by Crippen LogP contribution is 2.37. The number of nitrogens with one attached hydrogen (secondary N) is 2. The van der Waals surface area contributed by atoms with E-state index in [0.29, 0.717) is 12.2 Å². The van der Waals surface area contributed by atoms with Crippen LogP contribution in [-0.4, -0.2) is 11.5 Å². The first-order valence-electron chi connectivity index (χ1n) is 6.57. The van der Waals surface area contributed by atoms with Crippen molar-refractivity contribution < 1.29 is 4.92 Å². The fourth-order valence-electron chi connectivity index (χ4n) is 2.52. The van der Waals surface area contributed by atoms with Gasteiger partial charge in [0.1, 0.15) is 5.69 Å². The molecular weight excluding hydrogens is 254 g/mol. The van der Waals surface area contributed by atoms with E-state index < -0.39 is 0 Å². The zero-order valence-electron chi connectivity index (χ0n) is 10.9. The topological polar surface area (TPSA) is 67.2 Å². The molecule has 0 saturated heterocycles. The second-order valence-corrected chi connectivity index (χ2v) is 4.76. The third-order valence-corrected chi connectivity index (χ3v) is 3.49. The maximum atomic E-state index is 11.2. The van der Waals surface area contributed by atoms with Gasteiger partial charge in [0.25, 0.3) is 5.69 Å². The van der Waals surface area contributed by atoms with Crippen LogP contribution in [0.3, 0.4) is 0 Å². The van der Waals surface area contributed by atoms with Gasteiger partial charge in [-0.05, 0) is 18.1 Å². The molecule has 2 N–H and O–H groups in total. The zero-order valence-corrected chi connectivity index (χ0v) is 10.9. The molecule has 1 heterocycles. The van der Waals surface area contributed by atoms with Crippen molar-refractivity contribution in [2.75, 3.05) is 17.2 Å².